The largest absolute Gasteiger partial charge is 0.497 e. The number of carbonyl (C=O) groups excluding carboxylic acids is 1. The number of aromatic nitrogens is 2. The van der Waals surface area contributed by atoms with Crippen molar-refractivity contribution >= 4 is 11.7 Å². The van der Waals surface area contributed by atoms with Crippen LogP contribution in [0.3, 0.4) is 0 Å². The molecule has 0 fully saturated rings. The predicted octanol–water partition coefficient (Wildman–Crippen LogP) is 2.06. The van der Waals surface area contributed by atoms with Gasteiger partial charge in [-0.15, -0.1) is 6.58 Å². The quantitative estimate of drug-likeness (QED) is 0.730. The molecule has 0 saturated carbocycles. The highest BCUT2D eigenvalue weighted by Gasteiger charge is 2.08. The van der Waals surface area contributed by atoms with Crippen LogP contribution >= 0.6 is 0 Å². The lowest BCUT2D eigenvalue weighted by atomic mass is 10.1. The Morgan fingerprint density at radius 1 is 1.30 bits per heavy atom. The Hall–Kier alpha value is -2.89. The molecule has 1 heterocycles. The number of hydrogen-bond donors (Lipinski definition) is 2. The second-order valence-corrected chi connectivity index (χ2v) is 4.81. The number of methoxy groups -OCH3 is 1. The van der Waals surface area contributed by atoms with Gasteiger partial charge >= 0.3 is 0 Å². The Bertz CT molecular complexity index is 656. The number of nitrogens with zero attached hydrogens (tertiary/aromatic N) is 2. The number of carbonyl (C=O) groups is 1. The molecule has 0 aliphatic rings. The molecule has 0 bridgehead atoms. The smallest absolute Gasteiger partial charge is 0.270 e. The van der Waals surface area contributed by atoms with Crippen molar-refractivity contribution in [2.75, 3.05) is 25.5 Å². The topological polar surface area (TPSA) is 76.1 Å². The van der Waals surface area contributed by atoms with Crippen molar-refractivity contribution in [1.82, 2.24) is 15.3 Å². The number of rotatable bonds is 8. The van der Waals surface area contributed by atoms with E-state index in [-0.39, 0.29) is 5.91 Å². The molecule has 2 aromatic rings. The molecule has 1 aromatic heterocycles. The first-order valence-electron chi connectivity index (χ1n) is 7.31. The van der Waals surface area contributed by atoms with E-state index in [1.807, 2.05) is 24.3 Å². The fraction of sp³-hybridized carbons (Fsp3) is 0.235. The average Bonchev–Trinajstić information content (AvgIpc) is 2.60. The third-order valence-corrected chi connectivity index (χ3v) is 3.19. The summed E-state index contributed by atoms with van der Waals surface area (Å²) in [5, 5.41) is 5.87. The Morgan fingerprint density at radius 3 is 2.78 bits per heavy atom. The number of hydrogen-bond acceptors (Lipinski definition) is 5. The van der Waals surface area contributed by atoms with E-state index >= 15 is 0 Å². The predicted molar refractivity (Wildman–Crippen MR) is 89.7 cm³/mol. The Kier molecular flexibility index (Phi) is 6.11. The molecule has 1 amide bonds. The molecule has 6 heteroatoms. The highest BCUT2D eigenvalue weighted by Crippen LogP contribution is 2.11. The fourth-order valence-corrected chi connectivity index (χ4v) is 1.96. The van der Waals surface area contributed by atoms with Gasteiger partial charge in [-0.25, -0.2) is 9.97 Å². The monoisotopic (exact) mass is 312 g/mol. The molecule has 0 unspecified atom stereocenters. The summed E-state index contributed by atoms with van der Waals surface area (Å²) in [6.07, 6.45) is 3.82. The maximum atomic E-state index is 12.1. The number of ether oxygens (including phenoxy) is 1. The van der Waals surface area contributed by atoms with Crippen LogP contribution in [0.5, 0.6) is 5.75 Å². The van der Waals surface area contributed by atoms with Crippen molar-refractivity contribution in [3.63, 3.8) is 0 Å². The summed E-state index contributed by atoms with van der Waals surface area (Å²) in [4.78, 5) is 20.1. The van der Waals surface area contributed by atoms with Gasteiger partial charge in [-0.1, -0.05) is 18.2 Å². The van der Waals surface area contributed by atoms with Gasteiger partial charge in [-0.05, 0) is 24.1 Å². The summed E-state index contributed by atoms with van der Waals surface area (Å²) in [7, 11) is 1.63. The summed E-state index contributed by atoms with van der Waals surface area (Å²) in [6, 6.07) is 9.38. The molecule has 6 nitrogen and oxygen atoms in total. The first-order valence-corrected chi connectivity index (χ1v) is 7.31. The number of anilines is 1. The van der Waals surface area contributed by atoms with Crippen molar-refractivity contribution in [3.05, 3.63) is 60.6 Å². The van der Waals surface area contributed by atoms with Crippen LogP contribution in [0.15, 0.2) is 49.3 Å². The average molecular weight is 312 g/mol. The van der Waals surface area contributed by atoms with Crippen LogP contribution in [-0.4, -0.2) is 36.1 Å². The third-order valence-electron chi connectivity index (χ3n) is 3.19. The highest BCUT2D eigenvalue weighted by atomic mass is 16.5. The molecule has 0 spiro atoms. The second kappa shape index (κ2) is 8.53. The summed E-state index contributed by atoms with van der Waals surface area (Å²) in [5.74, 6) is 1.20. The molecule has 0 radical (unpaired) electrons. The highest BCUT2D eigenvalue weighted by molar-refractivity contribution is 5.92. The molecule has 0 aliphatic carbocycles. The van der Waals surface area contributed by atoms with E-state index in [4.69, 9.17) is 4.74 Å². The third kappa shape index (κ3) is 5.10. The molecule has 2 rings (SSSR count). The Morgan fingerprint density at radius 2 is 2.09 bits per heavy atom. The molecule has 23 heavy (non-hydrogen) atoms. The van der Waals surface area contributed by atoms with Crippen LogP contribution in [-0.2, 0) is 6.42 Å². The van der Waals surface area contributed by atoms with Gasteiger partial charge in [0.15, 0.2) is 0 Å². The summed E-state index contributed by atoms with van der Waals surface area (Å²) in [6.45, 7) is 4.73. The SMILES string of the molecule is C=CCNc1cc(C(=O)NCCc2ccc(OC)cc2)ncn1. The molecule has 1 aromatic carbocycles. The normalized spacial score (nSPS) is 9.96. The summed E-state index contributed by atoms with van der Waals surface area (Å²) < 4.78 is 5.11. The first kappa shape index (κ1) is 16.5. The maximum absolute atomic E-state index is 12.1. The zero-order valence-electron chi connectivity index (χ0n) is 13.1. The van der Waals surface area contributed by atoms with Crippen molar-refractivity contribution < 1.29 is 9.53 Å². The van der Waals surface area contributed by atoms with Gasteiger partial charge in [-0.2, -0.15) is 0 Å². The van der Waals surface area contributed by atoms with Crippen molar-refractivity contribution in [2.45, 2.75) is 6.42 Å². The van der Waals surface area contributed by atoms with Gasteiger partial charge in [0.25, 0.3) is 5.91 Å². The lowest BCUT2D eigenvalue weighted by molar-refractivity contribution is 0.0949. The van der Waals surface area contributed by atoms with Crippen LogP contribution in [0.1, 0.15) is 16.1 Å². The van der Waals surface area contributed by atoms with E-state index in [0.717, 1.165) is 17.7 Å². The van der Waals surface area contributed by atoms with Crippen molar-refractivity contribution in [3.8, 4) is 5.75 Å². The van der Waals surface area contributed by atoms with Gasteiger partial charge in [0.1, 0.15) is 23.6 Å². The van der Waals surface area contributed by atoms with E-state index in [1.54, 1.807) is 19.3 Å². The number of nitrogens with one attached hydrogen (secondary N) is 2. The number of amides is 1. The van der Waals surface area contributed by atoms with Crippen LogP contribution in [0.25, 0.3) is 0 Å². The molecule has 0 saturated heterocycles. The molecular formula is C17H20N4O2. The van der Waals surface area contributed by atoms with E-state index < -0.39 is 0 Å². The van der Waals surface area contributed by atoms with Crippen molar-refractivity contribution in [1.29, 1.82) is 0 Å². The van der Waals surface area contributed by atoms with Gasteiger partial charge in [0, 0.05) is 19.2 Å². The maximum Gasteiger partial charge on any atom is 0.270 e. The van der Waals surface area contributed by atoms with Crippen LogP contribution in [0.4, 0.5) is 5.82 Å². The van der Waals surface area contributed by atoms with Gasteiger partial charge < -0.3 is 15.4 Å². The summed E-state index contributed by atoms with van der Waals surface area (Å²) in [5.41, 5.74) is 1.46. The second-order valence-electron chi connectivity index (χ2n) is 4.81. The summed E-state index contributed by atoms with van der Waals surface area (Å²) >= 11 is 0. The van der Waals surface area contributed by atoms with E-state index in [9.17, 15) is 4.79 Å². The van der Waals surface area contributed by atoms with Gasteiger partial charge in [0.05, 0.1) is 7.11 Å². The van der Waals surface area contributed by atoms with Crippen LogP contribution in [0.2, 0.25) is 0 Å². The lowest BCUT2D eigenvalue weighted by Crippen LogP contribution is -2.26. The van der Waals surface area contributed by atoms with Gasteiger partial charge in [-0.3, -0.25) is 4.79 Å². The van der Waals surface area contributed by atoms with E-state index in [1.165, 1.54) is 6.33 Å². The van der Waals surface area contributed by atoms with Crippen molar-refractivity contribution in [2.24, 2.45) is 0 Å². The molecular weight excluding hydrogens is 292 g/mol. The lowest BCUT2D eigenvalue weighted by Gasteiger charge is -2.07. The first-order chi connectivity index (χ1) is 11.2. The minimum atomic E-state index is -0.220. The van der Waals surface area contributed by atoms with E-state index in [0.29, 0.717) is 24.6 Å². The zero-order valence-corrected chi connectivity index (χ0v) is 13.1. The molecule has 120 valence electrons. The van der Waals surface area contributed by atoms with E-state index in [2.05, 4.69) is 27.2 Å². The molecule has 2 N–H and O–H groups in total. The Balaban J connectivity index is 1.85. The van der Waals surface area contributed by atoms with Crippen LogP contribution in [0, 0.1) is 0 Å². The molecule has 0 atom stereocenters. The standard InChI is InChI=1S/C17H20N4O2/c1-3-9-18-16-11-15(20-12-21-16)17(22)19-10-8-13-4-6-14(23-2)7-5-13/h3-7,11-12H,1,8-10H2,2H3,(H,19,22)(H,18,20,21). The minimum absolute atomic E-state index is 0.220. The van der Waals surface area contributed by atoms with Gasteiger partial charge in [0.2, 0.25) is 0 Å². The zero-order chi connectivity index (χ0) is 16.5. The number of benzene rings is 1. The fourth-order valence-electron chi connectivity index (χ4n) is 1.96. The van der Waals surface area contributed by atoms with Crippen LogP contribution < -0.4 is 15.4 Å². The molecule has 0 aliphatic heterocycles. The minimum Gasteiger partial charge on any atom is -0.497 e. The Labute approximate surface area is 135 Å².